The zero-order valence-corrected chi connectivity index (χ0v) is 15.4. The topological polar surface area (TPSA) is 66.7 Å². The third kappa shape index (κ3) is 2.98. The van der Waals surface area contributed by atoms with Gasteiger partial charge < -0.3 is 14.2 Å². The molecule has 136 valence electrons. The first-order chi connectivity index (χ1) is 12.5. The minimum Gasteiger partial charge on any atom is -0.455 e. The lowest BCUT2D eigenvalue weighted by molar-refractivity contribution is 0.0711. The van der Waals surface area contributed by atoms with Gasteiger partial charge in [-0.25, -0.2) is 4.98 Å². The molecule has 0 aromatic carbocycles. The summed E-state index contributed by atoms with van der Waals surface area (Å²) in [6.07, 6.45) is 3.68. The van der Waals surface area contributed by atoms with Crippen LogP contribution in [0.25, 0.3) is 0 Å². The van der Waals surface area contributed by atoms with Gasteiger partial charge in [0, 0.05) is 50.8 Å². The predicted molar refractivity (Wildman–Crippen MR) is 98.1 cm³/mol. The number of hydrogen-bond acceptors (Lipinski definition) is 5. The van der Waals surface area contributed by atoms with Crippen molar-refractivity contribution in [2.24, 2.45) is 0 Å². The summed E-state index contributed by atoms with van der Waals surface area (Å²) in [5.74, 6) is 1.81. The SMILES string of the molecule is Cc1c(C(=O)N2CCN(c3ccc(Cl)cn3)CC2)oc2c1C(=O)CCC2. The summed E-state index contributed by atoms with van der Waals surface area (Å²) in [6, 6.07) is 3.70. The second-order valence-electron chi connectivity index (χ2n) is 6.74. The zero-order chi connectivity index (χ0) is 18.3. The van der Waals surface area contributed by atoms with Crippen molar-refractivity contribution in [2.45, 2.75) is 26.2 Å². The molecule has 0 N–H and O–H groups in total. The zero-order valence-electron chi connectivity index (χ0n) is 14.6. The number of halogens is 1. The minimum absolute atomic E-state index is 0.0881. The van der Waals surface area contributed by atoms with E-state index in [1.165, 1.54) is 0 Å². The van der Waals surface area contributed by atoms with Crippen LogP contribution < -0.4 is 4.90 Å². The van der Waals surface area contributed by atoms with Crippen LogP contribution in [-0.4, -0.2) is 47.8 Å². The van der Waals surface area contributed by atoms with Gasteiger partial charge in [0.2, 0.25) is 0 Å². The van der Waals surface area contributed by atoms with Crippen LogP contribution in [0.4, 0.5) is 5.82 Å². The molecular formula is C19H20ClN3O3. The van der Waals surface area contributed by atoms with Crippen LogP contribution in [0.2, 0.25) is 5.02 Å². The summed E-state index contributed by atoms with van der Waals surface area (Å²) in [5, 5.41) is 0.606. The van der Waals surface area contributed by atoms with E-state index >= 15 is 0 Å². The molecule has 0 bridgehead atoms. The van der Waals surface area contributed by atoms with Crippen LogP contribution in [0, 0.1) is 6.92 Å². The summed E-state index contributed by atoms with van der Waals surface area (Å²) in [7, 11) is 0. The summed E-state index contributed by atoms with van der Waals surface area (Å²) < 4.78 is 5.79. The van der Waals surface area contributed by atoms with Crippen LogP contribution in [-0.2, 0) is 6.42 Å². The maximum absolute atomic E-state index is 12.9. The number of Topliss-reactive ketones (excluding diaryl/α,β-unsaturated/α-hetero) is 1. The number of ketones is 1. The number of hydrogen-bond donors (Lipinski definition) is 0. The van der Waals surface area contributed by atoms with Gasteiger partial charge in [0.15, 0.2) is 11.5 Å². The molecule has 26 heavy (non-hydrogen) atoms. The van der Waals surface area contributed by atoms with Crippen molar-refractivity contribution in [2.75, 3.05) is 31.1 Å². The van der Waals surface area contributed by atoms with Crippen LogP contribution >= 0.6 is 11.6 Å². The molecule has 2 aromatic rings. The molecule has 1 saturated heterocycles. The Hall–Kier alpha value is -2.34. The molecule has 2 aliphatic rings. The average molecular weight is 374 g/mol. The van der Waals surface area contributed by atoms with Crippen LogP contribution in [0.5, 0.6) is 0 Å². The lowest BCUT2D eigenvalue weighted by Crippen LogP contribution is -2.49. The normalized spacial score (nSPS) is 17.4. The fourth-order valence-corrected chi connectivity index (χ4v) is 3.80. The Labute approximate surface area is 156 Å². The van der Waals surface area contributed by atoms with Gasteiger partial charge in [0.1, 0.15) is 11.6 Å². The van der Waals surface area contributed by atoms with Gasteiger partial charge in [-0.15, -0.1) is 0 Å². The number of aromatic nitrogens is 1. The van der Waals surface area contributed by atoms with Crippen molar-refractivity contribution < 1.29 is 14.0 Å². The largest absolute Gasteiger partial charge is 0.455 e. The molecule has 1 amide bonds. The number of amides is 1. The fourth-order valence-electron chi connectivity index (χ4n) is 3.69. The van der Waals surface area contributed by atoms with E-state index in [-0.39, 0.29) is 11.7 Å². The summed E-state index contributed by atoms with van der Waals surface area (Å²) in [4.78, 5) is 33.3. The first-order valence-corrected chi connectivity index (χ1v) is 9.23. The van der Waals surface area contributed by atoms with Gasteiger partial charge >= 0.3 is 0 Å². The Morgan fingerprint density at radius 1 is 1.19 bits per heavy atom. The molecule has 6 nitrogen and oxygen atoms in total. The lowest BCUT2D eigenvalue weighted by Gasteiger charge is -2.35. The van der Waals surface area contributed by atoms with E-state index in [0.29, 0.717) is 60.3 Å². The average Bonchev–Trinajstić information content (AvgIpc) is 3.00. The number of piperazine rings is 1. The number of nitrogens with zero attached hydrogens (tertiary/aromatic N) is 3. The molecular weight excluding hydrogens is 354 g/mol. The smallest absolute Gasteiger partial charge is 0.289 e. The Bertz CT molecular complexity index is 852. The lowest BCUT2D eigenvalue weighted by atomic mass is 9.94. The van der Waals surface area contributed by atoms with Gasteiger partial charge in [0.05, 0.1) is 10.6 Å². The van der Waals surface area contributed by atoms with E-state index in [1.54, 1.807) is 11.1 Å². The number of fused-ring (bicyclic) bond motifs is 1. The molecule has 0 spiro atoms. The van der Waals surface area contributed by atoms with Crippen LogP contribution in [0.3, 0.4) is 0 Å². The van der Waals surface area contributed by atoms with Crippen molar-refractivity contribution in [1.29, 1.82) is 0 Å². The predicted octanol–water partition coefficient (Wildman–Crippen LogP) is 3.12. The van der Waals surface area contributed by atoms with E-state index in [1.807, 2.05) is 19.1 Å². The van der Waals surface area contributed by atoms with Crippen molar-refractivity contribution >= 4 is 29.1 Å². The molecule has 0 atom stereocenters. The number of rotatable bonds is 2. The van der Waals surface area contributed by atoms with Crippen molar-refractivity contribution in [3.63, 3.8) is 0 Å². The number of furan rings is 1. The van der Waals surface area contributed by atoms with Gasteiger partial charge in [0.25, 0.3) is 5.91 Å². The third-order valence-electron chi connectivity index (χ3n) is 5.10. The third-order valence-corrected chi connectivity index (χ3v) is 5.33. The number of aryl methyl sites for hydroxylation is 1. The van der Waals surface area contributed by atoms with E-state index < -0.39 is 0 Å². The number of pyridine rings is 1. The van der Waals surface area contributed by atoms with Gasteiger partial charge in [-0.05, 0) is 25.5 Å². The standard InChI is InChI=1S/C19H20ClN3O3/c1-12-17-14(24)3-2-4-15(17)26-18(12)19(25)23-9-7-22(8-10-23)16-6-5-13(20)11-21-16/h5-6,11H,2-4,7-10H2,1H3. The highest BCUT2D eigenvalue weighted by Crippen LogP contribution is 2.30. The van der Waals surface area contributed by atoms with E-state index in [9.17, 15) is 9.59 Å². The molecule has 1 aliphatic heterocycles. The van der Waals surface area contributed by atoms with E-state index in [2.05, 4.69) is 9.88 Å². The van der Waals surface area contributed by atoms with Gasteiger partial charge in [-0.3, -0.25) is 9.59 Å². The molecule has 2 aromatic heterocycles. The second-order valence-corrected chi connectivity index (χ2v) is 7.18. The van der Waals surface area contributed by atoms with Crippen molar-refractivity contribution in [3.8, 4) is 0 Å². The monoisotopic (exact) mass is 373 g/mol. The van der Waals surface area contributed by atoms with Crippen LogP contribution in [0.1, 0.15) is 45.1 Å². The molecule has 3 heterocycles. The van der Waals surface area contributed by atoms with E-state index in [4.69, 9.17) is 16.0 Å². The fraction of sp³-hybridized carbons (Fsp3) is 0.421. The number of anilines is 1. The summed E-state index contributed by atoms with van der Waals surface area (Å²) in [6.45, 7) is 4.37. The second kappa shape index (κ2) is 6.76. The first kappa shape index (κ1) is 17.1. The van der Waals surface area contributed by atoms with Crippen molar-refractivity contribution in [1.82, 2.24) is 9.88 Å². The van der Waals surface area contributed by atoms with Crippen molar-refractivity contribution in [3.05, 3.63) is 46.0 Å². The molecule has 7 heteroatoms. The van der Waals surface area contributed by atoms with E-state index in [0.717, 1.165) is 18.7 Å². The number of carbonyl (C=O) groups is 2. The molecule has 1 aliphatic carbocycles. The Balaban J connectivity index is 1.47. The first-order valence-electron chi connectivity index (χ1n) is 8.86. The molecule has 0 unspecified atom stereocenters. The van der Waals surface area contributed by atoms with Gasteiger partial charge in [-0.2, -0.15) is 0 Å². The Morgan fingerprint density at radius 2 is 1.96 bits per heavy atom. The Morgan fingerprint density at radius 3 is 2.62 bits per heavy atom. The highest BCUT2D eigenvalue weighted by atomic mass is 35.5. The minimum atomic E-state index is -0.131. The molecule has 1 fully saturated rings. The summed E-state index contributed by atoms with van der Waals surface area (Å²) >= 11 is 5.88. The Kier molecular flexibility index (Phi) is 4.44. The highest BCUT2D eigenvalue weighted by Gasteiger charge is 2.32. The molecule has 4 rings (SSSR count). The quantitative estimate of drug-likeness (QED) is 0.809. The molecule has 0 radical (unpaired) electrons. The maximum Gasteiger partial charge on any atom is 0.289 e. The summed E-state index contributed by atoms with van der Waals surface area (Å²) in [5.41, 5.74) is 1.32. The number of carbonyl (C=O) groups excluding carboxylic acids is 2. The highest BCUT2D eigenvalue weighted by molar-refractivity contribution is 6.30. The van der Waals surface area contributed by atoms with Crippen LogP contribution in [0.15, 0.2) is 22.7 Å². The van der Waals surface area contributed by atoms with Gasteiger partial charge in [-0.1, -0.05) is 11.6 Å². The maximum atomic E-state index is 12.9. The molecule has 0 saturated carbocycles.